The Morgan fingerprint density at radius 3 is 3.08 bits per heavy atom. The zero-order valence-corrected chi connectivity index (χ0v) is 12.8. The topological polar surface area (TPSA) is 102 Å². The molecule has 3 aromatic rings. The maximum Gasteiger partial charge on any atom is 0.317 e. The zero-order chi connectivity index (χ0) is 16.4. The second-order valence-electron chi connectivity index (χ2n) is 5.34. The fraction of sp³-hybridized carbons (Fsp3) is 0.250. The van der Waals surface area contributed by atoms with E-state index in [1.807, 2.05) is 18.2 Å². The van der Waals surface area contributed by atoms with Gasteiger partial charge in [-0.15, -0.1) is 0 Å². The van der Waals surface area contributed by atoms with Gasteiger partial charge in [-0.1, -0.05) is 0 Å². The van der Waals surface area contributed by atoms with E-state index in [1.54, 1.807) is 12.3 Å². The van der Waals surface area contributed by atoms with Gasteiger partial charge >= 0.3 is 6.01 Å². The Kier molecular flexibility index (Phi) is 3.70. The molecule has 1 aromatic carbocycles. The lowest BCUT2D eigenvalue weighted by Crippen LogP contribution is -2.30. The van der Waals surface area contributed by atoms with Crippen LogP contribution in [0.15, 0.2) is 30.5 Å². The Bertz CT molecular complexity index is 892. The first-order valence-electron chi connectivity index (χ1n) is 7.63. The number of carbonyl (C=O) groups excluding carboxylic acids is 1. The summed E-state index contributed by atoms with van der Waals surface area (Å²) in [4.78, 5) is 20.1. The molecular weight excluding hydrogens is 310 g/mol. The Hall–Kier alpha value is -3.16. The molecule has 1 aliphatic heterocycles. The quantitative estimate of drug-likeness (QED) is 0.646. The molecule has 0 aliphatic carbocycles. The molecule has 122 valence electrons. The molecule has 0 spiro atoms. The van der Waals surface area contributed by atoms with Crippen LogP contribution in [0.5, 0.6) is 11.8 Å². The van der Waals surface area contributed by atoms with Crippen molar-refractivity contribution in [2.75, 3.05) is 19.8 Å². The van der Waals surface area contributed by atoms with Crippen molar-refractivity contribution in [3.05, 3.63) is 30.5 Å². The number of nitrogens with zero attached hydrogens (tertiary/aromatic N) is 3. The van der Waals surface area contributed by atoms with Crippen LogP contribution >= 0.6 is 0 Å². The van der Waals surface area contributed by atoms with Crippen LogP contribution < -0.4 is 14.8 Å². The van der Waals surface area contributed by atoms with Crippen LogP contribution in [-0.4, -0.2) is 45.8 Å². The number of aromatic nitrogens is 4. The summed E-state index contributed by atoms with van der Waals surface area (Å²) in [6.45, 7) is 0.893. The smallest absolute Gasteiger partial charge is 0.317 e. The number of H-pyrrole nitrogens is 1. The standard InChI is InChI=1S/C16H15N5O3/c22-14-9-24-16-18-6-4-13(19-16)15-11-8-10(23-7-1-5-17-14)2-3-12(11)20-21-15/h2-4,6,8H,1,5,7,9H2,(H,17,22)(H,20,21). The predicted molar refractivity (Wildman–Crippen MR) is 85.7 cm³/mol. The normalized spacial score (nSPS) is 15.1. The van der Waals surface area contributed by atoms with Gasteiger partial charge in [0.05, 0.1) is 17.8 Å². The number of hydrogen-bond donors (Lipinski definition) is 2. The van der Waals surface area contributed by atoms with Crippen molar-refractivity contribution in [2.45, 2.75) is 6.42 Å². The van der Waals surface area contributed by atoms with Gasteiger partial charge in [-0.2, -0.15) is 10.1 Å². The third-order valence-corrected chi connectivity index (χ3v) is 3.65. The molecule has 1 aliphatic rings. The third-order valence-electron chi connectivity index (χ3n) is 3.65. The largest absolute Gasteiger partial charge is 0.494 e. The molecule has 2 aromatic heterocycles. The summed E-state index contributed by atoms with van der Waals surface area (Å²) in [5.74, 6) is 0.526. The average molecular weight is 325 g/mol. The maximum atomic E-state index is 11.7. The van der Waals surface area contributed by atoms with Crippen LogP contribution in [0.2, 0.25) is 0 Å². The van der Waals surface area contributed by atoms with Crippen molar-refractivity contribution in [2.24, 2.45) is 0 Å². The molecule has 0 unspecified atom stereocenters. The summed E-state index contributed by atoms with van der Waals surface area (Å²) in [5, 5.41) is 11.0. The highest BCUT2D eigenvalue weighted by molar-refractivity contribution is 5.92. The second-order valence-corrected chi connectivity index (χ2v) is 5.34. The van der Waals surface area contributed by atoms with Crippen LogP contribution in [0.1, 0.15) is 6.42 Å². The van der Waals surface area contributed by atoms with Crippen LogP contribution in [0.4, 0.5) is 0 Å². The number of carbonyl (C=O) groups is 1. The summed E-state index contributed by atoms with van der Waals surface area (Å²) in [6, 6.07) is 7.61. The first-order valence-corrected chi connectivity index (χ1v) is 7.63. The van der Waals surface area contributed by atoms with Gasteiger partial charge in [0, 0.05) is 18.1 Å². The molecule has 8 nitrogen and oxygen atoms in total. The van der Waals surface area contributed by atoms with Crippen LogP contribution in [0.3, 0.4) is 0 Å². The van der Waals surface area contributed by atoms with Gasteiger partial charge in [-0.25, -0.2) is 4.98 Å². The van der Waals surface area contributed by atoms with E-state index >= 15 is 0 Å². The molecule has 0 atom stereocenters. The Labute approximate surface area is 137 Å². The van der Waals surface area contributed by atoms with E-state index in [-0.39, 0.29) is 18.5 Å². The van der Waals surface area contributed by atoms with Crippen molar-refractivity contribution >= 4 is 16.8 Å². The van der Waals surface area contributed by atoms with Gasteiger partial charge in [0.2, 0.25) is 0 Å². The summed E-state index contributed by atoms with van der Waals surface area (Å²) in [7, 11) is 0. The lowest BCUT2D eigenvalue weighted by molar-refractivity contribution is -0.123. The minimum Gasteiger partial charge on any atom is -0.494 e. The molecule has 1 amide bonds. The zero-order valence-electron chi connectivity index (χ0n) is 12.8. The van der Waals surface area contributed by atoms with Gasteiger partial charge in [0.25, 0.3) is 5.91 Å². The van der Waals surface area contributed by atoms with Crippen molar-refractivity contribution in [1.29, 1.82) is 0 Å². The number of rotatable bonds is 0. The lowest BCUT2D eigenvalue weighted by Gasteiger charge is -2.07. The number of nitrogens with one attached hydrogen (secondary N) is 2. The highest BCUT2D eigenvalue weighted by atomic mass is 16.5. The Morgan fingerprint density at radius 1 is 1.17 bits per heavy atom. The van der Waals surface area contributed by atoms with Crippen molar-refractivity contribution in [1.82, 2.24) is 25.5 Å². The average Bonchev–Trinajstić information content (AvgIpc) is 3.02. The predicted octanol–water partition coefficient (Wildman–Crippen LogP) is 1.30. The summed E-state index contributed by atoms with van der Waals surface area (Å²) >= 11 is 0. The first kappa shape index (κ1) is 14.4. The fourth-order valence-electron chi connectivity index (χ4n) is 2.49. The fourth-order valence-corrected chi connectivity index (χ4v) is 2.49. The Balaban J connectivity index is 1.78. The molecule has 3 heterocycles. The second kappa shape index (κ2) is 6.15. The van der Waals surface area contributed by atoms with Crippen LogP contribution in [0, 0.1) is 0 Å². The summed E-state index contributed by atoms with van der Waals surface area (Å²) < 4.78 is 11.1. The van der Waals surface area contributed by atoms with Crippen molar-refractivity contribution in [3.8, 4) is 23.1 Å². The molecule has 0 fully saturated rings. The SMILES string of the molecule is O=C1COc2nccc(n2)-c2n[nH]c3ccc(cc23)OCCCN1. The van der Waals surface area contributed by atoms with E-state index in [2.05, 4.69) is 25.5 Å². The van der Waals surface area contributed by atoms with Crippen molar-refractivity contribution in [3.63, 3.8) is 0 Å². The van der Waals surface area contributed by atoms with Gasteiger partial charge in [-0.3, -0.25) is 9.89 Å². The van der Waals surface area contributed by atoms with E-state index in [4.69, 9.17) is 9.47 Å². The molecule has 2 N–H and O–H groups in total. The number of aromatic amines is 1. The minimum atomic E-state index is -0.221. The van der Waals surface area contributed by atoms with Gasteiger partial charge in [0.15, 0.2) is 6.61 Å². The molecule has 4 rings (SSSR count). The number of benzene rings is 1. The molecule has 0 radical (unpaired) electrons. The highest BCUT2D eigenvalue weighted by Gasteiger charge is 2.13. The lowest BCUT2D eigenvalue weighted by atomic mass is 10.1. The van der Waals surface area contributed by atoms with E-state index in [0.717, 1.165) is 16.7 Å². The van der Waals surface area contributed by atoms with Gasteiger partial charge in [-0.05, 0) is 30.7 Å². The molecule has 4 bridgehead atoms. The minimum absolute atomic E-state index is 0.131. The van der Waals surface area contributed by atoms with Crippen LogP contribution in [-0.2, 0) is 4.79 Å². The first-order chi connectivity index (χ1) is 11.8. The number of amides is 1. The van der Waals surface area contributed by atoms with E-state index < -0.39 is 0 Å². The van der Waals surface area contributed by atoms with E-state index in [0.29, 0.717) is 31.0 Å². The molecule has 0 saturated heterocycles. The van der Waals surface area contributed by atoms with Gasteiger partial charge < -0.3 is 14.8 Å². The molecule has 8 heteroatoms. The number of hydrogen-bond acceptors (Lipinski definition) is 6. The molecule has 0 saturated carbocycles. The van der Waals surface area contributed by atoms with E-state index in [1.165, 1.54) is 0 Å². The summed E-state index contributed by atoms with van der Waals surface area (Å²) in [6.07, 6.45) is 2.28. The monoisotopic (exact) mass is 325 g/mol. The van der Waals surface area contributed by atoms with Crippen molar-refractivity contribution < 1.29 is 14.3 Å². The van der Waals surface area contributed by atoms with Crippen LogP contribution in [0.25, 0.3) is 22.3 Å². The molecule has 24 heavy (non-hydrogen) atoms. The summed E-state index contributed by atoms with van der Waals surface area (Å²) in [5.41, 5.74) is 2.18. The molecular formula is C16H15N5O3. The number of ether oxygens (including phenoxy) is 2. The third kappa shape index (κ3) is 2.85. The van der Waals surface area contributed by atoms with Gasteiger partial charge in [0.1, 0.15) is 11.4 Å². The Morgan fingerprint density at radius 2 is 2.12 bits per heavy atom. The number of fused-ring (bicyclic) bond motifs is 4. The maximum absolute atomic E-state index is 11.7. The highest BCUT2D eigenvalue weighted by Crippen LogP contribution is 2.28. The van der Waals surface area contributed by atoms with E-state index in [9.17, 15) is 4.79 Å².